The first-order valence-electron chi connectivity index (χ1n) is 7.33. The van der Waals surface area contributed by atoms with Crippen molar-refractivity contribution in [3.8, 4) is 0 Å². The van der Waals surface area contributed by atoms with E-state index in [1.807, 2.05) is 0 Å². The first-order chi connectivity index (χ1) is 10.3. The number of aryl methyl sites for hydroxylation is 1. The lowest BCUT2D eigenvalue weighted by Crippen LogP contribution is -2.49. The van der Waals surface area contributed by atoms with Crippen LogP contribution in [0.3, 0.4) is 0 Å². The van der Waals surface area contributed by atoms with E-state index in [4.69, 9.17) is 0 Å². The molecule has 0 bridgehead atoms. The highest BCUT2D eigenvalue weighted by Crippen LogP contribution is 2.14. The Hall–Kier alpha value is -1.47. The summed E-state index contributed by atoms with van der Waals surface area (Å²) < 4.78 is 38.2. The summed E-state index contributed by atoms with van der Waals surface area (Å²) in [5.74, 6) is -0.329. The summed E-state index contributed by atoms with van der Waals surface area (Å²) in [6.07, 6.45) is 3.42. The van der Waals surface area contributed by atoms with Crippen LogP contribution in [0.15, 0.2) is 24.3 Å². The number of likely N-dealkylation sites (tertiary alicyclic amines) is 1. The molecule has 0 saturated carbocycles. The molecule has 1 aliphatic heterocycles. The minimum Gasteiger partial charge on any atom is -0.341 e. The molecule has 2 rings (SSSR count). The van der Waals surface area contributed by atoms with Crippen molar-refractivity contribution in [3.63, 3.8) is 0 Å². The molecule has 1 aliphatic rings. The second kappa shape index (κ2) is 7.19. The highest BCUT2D eigenvalue weighted by molar-refractivity contribution is 7.88. The maximum Gasteiger partial charge on any atom is 0.222 e. The summed E-state index contributed by atoms with van der Waals surface area (Å²) in [6.45, 7) is 1.04. The molecule has 1 amide bonds. The number of carbonyl (C=O) groups is 1. The van der Waals surface area contributed by atoms with E-state index in [-0.39, 0.29) is 17.8 Å². The number of benzene rings is 1. The molecular weight excluding hydrogens is 307 g/mol. The Morgan fingerprint density at radius 3 is 2.91 bits per heavy atom. The Morgan fingerprint density at radius 1 is 1.45 bits per heavy atom. The summed E-state index contributed by atoms with van der Waals surface area (Å²) in [4.78, 5) is 13.9. The first kappa shape index (κ1) is 16.9. The van der Waals surface area contributed by atoms with Gasteiger partial charge in [0.15, 0.2) is 0 Å². The van der Waals surface area contributed by atoms with Crippen molar-refractivity contribution in [3.05, 3.63) is 35.6 Å². The van der Waals surface area contributed by atoms with Crippen LogP contribution in [0, 0.1) is 5.82 Å². The molecule has 1 N–H and O–H groups in total. The van der Waals surface area contributed by atoms with Gasteiger partial charge in [0.2, 0.25) is 15.9 Å². The molecule has 0 aliphatic carbocycles. The lowest BCUT2D eigenvalue weighted by atomic mass is 10.0. The van der Waals surface area contributed by atoms with Crippen LogP contribution in [0.5, 0.6) is 0 Å². The molecule has 22 heavy (non-hydrogen) atoms. The quantitative estimate of drug-likeness (QED) is 0.886. The molecule has 0 radical (unpaired) electrons. The normalized spacial score (nSPS) is 19.2. The lowest BCUT2D eigenvalue weighted by Gasteiger charge is -2.32. The van der Waals surface area contributed by atoms with Crippen LogP contribution in [-0.2, 0) is 21.2 Å². The zero-order valence-corrected chi connectivity index (χ0v) is 13.4. The fourth-order valence-electron chi connectivity index (χ4n) is 2.70. The number of nitrogens with zero attached hydrogens (tertiary/aromatic N) is 1. The van der Waals surface area contributed by atoms with Crippen LogP contribution in [0.1, 0.15) is 24.8 Å². The molecular formula is C15H21FN2O3S. The van der Waals surface area contributed by atoms with Crippen molar-refractivity contribution in [1.29, 1.82) is 0 Å². The van der Waals surface area contributed by atoms with E-state index in [9.17, 15) is 17.6 Å². The van der Waals surface area contributed by atoms with Crippen molar-refractivity contribution in [2.45, 2.75) is 31.7 Å². The van der Waals surface area contributed by atoms with Gasteiger partial charge in [-0.2, -0.15) is 0 Å². The third kappa shape index (κ3) is 5.38. The molecule has 0 spiro atoms. The molecule has 1 aromatic rings. The Bertz CT molecular complexity index is 633. The molecule has 5 nitrogen and oxygen atoms in total. The van der Waals surface area contributed by atoms with Gasteiger partial charge in [0.05, 0.1) is 6.26 Å². The van der Waals surface area contributed by atoms with E-state index >= 15 is 0 Å². The Kier molecular flexibility index (Phi) is 5.52. The van der Waals surface area contributed by atoms with Crippen LogP contribution >= 0.6 is 0 Å². The van der Waals surface area contributed by atoms with Crippen molar-refractivity contribution in [1.82, 2.24) is 9.62 Å². The largest absolute Gasteiger partial charge is 0.341 e. The van der Waals surface area contributed by atoms with E-state index in [0.29, 0.717) is 25.9 Å². The van der Waals surface area contributed by atoms with Crippen LogP contribution in [0.2, 0.25) is 0 Å². The van der Waals surface area contributed by atoms with E-state index in [1.54, 1.807) is 17.0 Å². The monoisotopic (exact) mass is 328 g/mol. The Labute approximate surface area is 130 Å². The van der Waals surface area contributed by atoms with Gasteiger partial charge in [-0.05, 0) is 37.0 Å². The van der Waals surface area contributed by atoms with Crippen molar-refractivity contribution >= 4 is 15.9 Å². The van der Waals surface area contributed by atoms with Crippen LogP contribution < -0.4 is 4.72 Å². The molecule has 7 heteroatoms. The Balaban J connectivity index is 1.86. The van der Waals surface area contributed by atoms with Gasteiger partial charge in [0.1, 0.15) is 5.82 Å². The highest BCUT2D eigenvalue weighted by atomic mass is 32.2. The first-order valence-corrected chi connectivity index (χ1v) is 9.22. The molecule has 0 unspecified atom stereocenters. The van der Waals surface area contributed by atoms with Gasteiger partial charge < -0.3 is 4.90 Å². The topological polar surface area (TPSA) is 66.5 Å². The molecule has 1 heterocycles. The third-order valence-electron chi connectivity index (χ3n) is 3.67. The van der Waals surface area contributed by atoms with Crippen molar-refractivity contribution < 1.29 is 17.6 Å². The lowest BCUT2D eigenvalue weighted by molar-refractivity contribution is -0.132. The SMILES string of the molecule is CS(=O)(=O)N[C@H]1CCCN(C(=O)CCc2cccc(F)c2)C1. The van der Waals surface area contributed by atoms with E-state index in [0.717, 1.165) is 24.7 Å². The smallest absolute Gasteiger partial charge is 0.222 e. The predicted molar refractivity (Wildman–Crippen MR) is 82.3 cm³/mol. The van der Waals surface area contributed by atoms with Gasteiger partial charge in [-0.15, -0.1) is 0 Å². The third-order valence-corrected chi connectivity index (χ3v) is 4.43. The van der Waals surface area contributed by atoms with Crippen LogP contribution in [0.4, 0.5) is 4.39 Å². The van der Waals surface area contributed by atoms with Crippen LogP contribution in [0.25, 0.3) is 0 Å². The van der Waals surface area contributed by atoms with Gasteiger partial charge in [0, 0.05) is 25.6 Å². The van der Waals surface area contributed by atoms with Gasteiger partial charge in [-0.1, -0.05) is 12.1 Å². The summed E-state index contributed by atoms with van der Waals surface area (Å²) in [6, 6.07) is 6.00. The average Bonchev–Trinajstić information content (AvgIpc) is 2.43. The Morgan fingerprint density at radius 2 is 2.23 bits per heavy atom. The number of nitrogens with one attached hydrogen (secondary N) is 1. The fraction of sp³-hybridized carbons (Fsp3) is 0.533. The average molecular weight is 328 g/mol. The minimum atomic E-state index is -3.26. The number of amides is 1. The van der Waals surface area contributed by atoms with Gasteiger partial charge in [-0.3, -0.25) is 4.79 Å². The van der Waals surface area contributed by atoms with E-state index in [1.165, 1.54) is 12.1 Å². The summed E-state index contributed by atoms with van der Waals surface area (Å²) in [5, 5.41) is 0. The van der Waals surface area contributed by atoms with Gasteiger partial charge >= 0.3 is 0 Å². The number of sulfonamides is 1. The second-order valence-corrected chi connectivity index (χ2v) is 7.48. The molecule has 0 aromatic heterocycles. The number of piperidine rings is 1. The summed E-state index contributed by atoms with van der Waals surface area (Å²) in [7, 11) is -3.26. The number of hydrogen-bond donors (Lipinski definition) is 1. The standard InChI is InChI=1S/C15H21FN2O3S/c1-22(20,21)17-14-6-3-9-18(11-14)15(19)8-7-12-4-2-5-13(16)10-12/h2,4-5,10,14,17H,3,6-9,11H2,1H3/t14-/m0/s1. The van der Waals surface area contributed by atoms with Crippen LogP contribution in [-0.4, -0.2) is 44.6 Å². The molecule has 1 saturated heterocycles. The molecule has 1 fully saturated rings. The molecule has 1 atom stereocenters. The zero-order chi connectivity index (χ0) is 16.2. The van der Waals surface area contributed by atoms with Crippen molar-refractivity contribution in [2.24, 2.45) is 0 Å². The maximum atomic E-state index is 13.1. The number of carbonyl (C=O) groups excluding carboxylic acids is 1. The highest BCUT2D eigenvalue weighted by Gasteiger charge is 2.25. The summed E-state index contributed by atoms with van der Waals surface area (Å²) in [5.41, 5.74) is 0.788. The van der Waals surface area contributed by atoms with E-state index < -0.39 is 10.0 Å². The van der Waals surface area contributed by atoms with E-state index in [2.05, 4.69) is 4.72 Å². The minimum absolute atomic E-state index is 0.0238. The molecule has 122 valence electrons. The number of rotatable bonds is 5. The van der Waals surface area contributed by atoms with Gasteiger partial charge in [-0.25, -0.2) is 17.5 Å². The zero-order valence-electron chi connectivity index (χ0n) is 12.6. The van der Waals surface area contributed by atoms with Crippen molar-refractivity contribution in [2.75, 3.05) is 19.3 Å². The fourth-order valence-corrected chi connectivity index (χ4v) is 3.50. The molecule has 1 aromatic carbocycles. The second-order valence-electron chi connectivity index (χ2n) is 5.70. The number of hydrogen-bond acceptors (Lipinski definition) is 3. The van der Waals surface area contributed by atoms with Gasteiger partial charge in [0.25, 0.3) is 0 Å². The summed E-state index contributed by atoms with van der Waals surface area (Å²) >= 11 is 0. The predicted octanol–water partition coefficient (Wildman–Crippen LogP) is 1.30. The number of halogens is 1. The maximum absolute atomic E-state index is 13.1.